The van der Waals surface area contributed by atoms with Gasteiger partial charge in [-0.1, -0.05) is 0 Å². The molecular formula is C9H14N4O3S. The van der Waals surface area contributed by atoms with Crippen LogP contribution in [0.15, 0.2) is 17.3 Å². The molecule has 1 aliphatic heterocycles. The van der Waals surface area contributed by atoms with E-state index >= 15 is 0 Å². The third kappa shape index (κ3) is 3.11. The Morgan fingerprint density at radius 2 is 1.88 bits per heavy atom. The molecule has 1 aromatic rings. The number of ether oxygens (including phenoxy) is 1. The molecule has 3 N–H and O–H groups in total. The van der Waals surface area contributed by atoms with E-state index in [1.165, 1.54) is 12.4 Å². The summed E-state index contributed by atoms with van der Waals surface area (Å²) >= 11 is 0. The number of hydrogen-bond donors (Lipinski definition) is 2. The fourth-order valence-electron chi connectivity index (χ4n) is 1.57. The van der Waals surface area contributed by atoms with Gasteiger partial charge in [0.15, 0.2) is 0 Å². The topological polar surface area (TPSA) is 107 Å². The molecule has 94 valence electrons. The summed E-state index contributed by atoms with van der Waals surface area (Å²) < 4.78 is 31.6. The molecule has 0 amide bonds. The van der Waals surface area contributed by atoms with E-state index in [9.17, 15) is 8.42 Å². The predicted molar refractivity (Wildman–Crippen MR) is 60.6 cm³/mol. The lowest BCUT2D eigenvalue weighted by atomic mass is 10.1. The Balaban J connectivity index is 2.10. The minimum Gasteiger partial charge on any atom is -0.381 e. The van der Waals surface area contributed by atoms with Gasteiger partial charge in [0.1, 0.15) is 4.90 Å². The third-order valence-electron chi connectivity index (χ3n) is 2.50. The van der Waals surface area contributed by atoms with Gasteiger partial charge in [-0.25, -0.2) is 23.1 Å². The zero-order valence-electron chi connectivity index (χ0n) is 9.17. The fraction of sp³-hybridized carbons (Fsp3) is 0.556. The quantitative estimate of drug-likeness (QED) is 0.758. The first-order chi connectivity index (χ1) is 8.08. The Labute approximate surface area is 99.5 Å². The number of nitrogen functional groups attached to an aromatic ring is 1. The van der Waals surface area contributed by atoms with E-state index in [0.717, 1.165) is 0 Å². The average molecular weight is 258 g/mol. The van der Waals surface area contributed by atoms with Crippen LogP contribution in [0.3, 0.4) is 0 Å². The molecule has 0 unspecified atom stereocenters. The number of hydrogen-bond acceptors (Lipinski definition) is 6. The average Bonchev–Trinajstić information content (AvgIpc) is 2.30. The van der Waals surface area contributed by atoms with Crippen molar-refractivity contribution in [1.82, 2.24) is 14.7 Å². The van der Waals surface area contributed by atoms with Crippen LogP contribution in [0.25, 0.3) is 0 Å². The molecule has 8 heteroatoms. The molecule has 0 atom stereocenters. The van der Waals surface area contributed by atoms with Gasteiger partial charge in [-0.05, 0) is 12.8 Å². The number of nitrogens with zero attached hydrogens (tertiary/aromatic N) is 2. The lowest BCUT2D eigenvalue weighted by Crippen LogP contribution is -2.38. The summed E-state index contributed by atoms with van der Waals surface area (Å²) in [6.45, 7) is 1.15. The highest BCUT2D eigenvalue weighted by atomic mass is 32.2. The first kappa shape index (κ1) is 12.2. The standard InChI is InChI=1S/C9H14N4O3S/c10-9-11-5-8(6-12-9)17(14,15)13-7-1-3-16-4-2-7/h5-7,13H,1-4H2,(H2,10,11,12). The molecule has 0 aliphatic carbocycles. The Hall–Kier alpha value is -1.25. The molecule has 1 fully saturated rings. The summed E-state index contributed by atoms with van der Waals surface area (Å²) in [5.41, 5.74) is 5.30. The molecule has 1 aromatic heterocycles. The largest absolute Gasteiger partial charge is 0.381 e. The van der Waals surface area contributed by atoms with Crippen molar-refractivity contribution < 1.29 is 13.2 Å². The van der Waals surface area contributed by atoms with Crippen LogP contribution in [0, 0.1) is 0 Å². The Morgan fingerprint density at radius 1 is 1.29 bits per heavy atom. The highest BCUT2D eigenvalue weighted by molar-refractivity contribution is 7.89. The van der Waals surface area contributed by atoms with Crippen molar-refractivity contribution in [3.8, 4) is 0 Å². The summed E-state index contributed by atoms with van der Waals surface area (Å²) in [5.74, 6) is 0.0509. The molecule has 0 spiro atoms. The van der Waals surface area contributed by atoms with Gasteiger partial charge in [-0.15, -0.1) is 0 Å². The van der Waals surface area contributed by atoms with E-state index in [4.69, 9.17) is 10.5 Å². The summed E-state index contributed by atoms with van der Waals surface area (Å²) in [5, 5.41) is 0. The maximum Gasteiger partial charge on any atom is 0.243 e. The second kappa shape index (κ2) is 4.94. The lowest BCUT2D eigenvalue weighted by molar-refractivity contribution is 0.0832. The van der Waals surface area contributed by atoms with Crippen LogP contribution in [-0.4, -0.2) is 37.6 Å². The smallest absolute Gasteiger partial charge is 0.243 e. The molecule has 1 saturated heterocycles. The predicted octanol–water partition coefficient (Wildman–Crippen LogP) is -0.484. The monoisotopic (exact) mass is 258 g/mol. The Morgan fingerprint density at radius 3 is 2.47 bits per heavy atom. The minimum atomic E-state index is -3.56. The number of aromatic nitrogens is 2. The maximum atomic E-state index is 11.9. The zero-order chi connectivity index (χ0) is 12.3. The number of sulfonamides is 1. The van der Waals surface area contributed by atoms with E-state index < -0.39 is 10.0 Å². The fourth-order valence-corrected chi connectivity index (χ4v) is 2.76. The van der Waals surface area contributed by atoms with Crippen LogP contribution < -0.4 is 10.5 Å². The SMILES string of the molecule is Nc1ncc(S(=O)(=O)NC2CCOCC2)cn1. The molecule has 2 rings (SSSR count). The normalized spacial score (nSPS) is 18.1. The third-order valence-corrected chi connectivity index (χ3v) is 3.98. The molecule has 0 radical (unpaired) electrons. The van der Waals surface area contributed by atoms with E-state index in [2.05, 4.69) is 14.7 Å². The Bertz CT molecular complexity index is 468. The van der Waals surface area contributed by atoms with Crippen LogP contribution >= 0.6 is 0 Å². The zero-order valence-corrected chi connectivity index (χ0v) is 9.98. The van der Waals surface area contributed by atoms with Gasteiger partial charge in [-0.3, -0.25) is 0 Å². The highest BCUT2D eigenvalue weighted by Crippen LogP contribution is 2.12. The van der Waals surface area contributed by atoms with Crippen LogP contribution in [0.2, 0.25) is 0 Å². The number of anilines is 1. The number of nitrogens with two attached hydrogens (primary N) is 1. The molecule has 0 aromatic carbocycles. The summed E-state index contributed by atoms with van der Waals surface area (Å²) in [6, 6.07) is -0.0914. The van der Waals surface area contributed by atoms with Crippen LogP contribution in [0.4, 0.5) is 5.95 Å². The minimum absolute atomic E-state index is 0.0261. The van der Waals surface area contributed by atoms with Crippen molar-refractivity contribution in [2.45, 2.75) is 23.8 Å². The van der Waals surface area contributed by atoms with Crippen molar-refractivity contribution in [2.24, 2.45) is 0 Å². The highest BCUT2D eigenvalue weighted by Gasteiger charge is 2.22. The lowest BCUT2D eigenvalue weighted by Gasteiger charge is -2.22. The summed E-state index contributed by atoms with van der Waals surface area (Å²) in [7, 11) is -3.56. The van der Waals surface area contributed by atoms with Crippen LogP contribution in [0.5, 0.6) is 0 Å². The van der Waals surface area contributed by atoms with E-state index in [1.807, 2.05) is 0 Å². The van der Waals surface area contributed by atoms with Crippen molar-refractivity contribution >= 4 is 16.0 Å². The van der Waals surface area contributed by atoms with Gasteiger partial charge in [0.05, 0.1) is 12.4 Å². The van der Waals surface area contributed by atoms with Crippen molar-refractivity contribution in [1.29, 1.82) is 0 Å². The van der Waals surface area contributed by atoms with Crippen molar-refractivity contribution in [3.05, 3.63) is 12.4 Å². The molecule has 7 nitrogen and oxygen atoms in total. The maximum absolute atomic E-state index is 11.9. The molecule has 17 heavy (non-hydrogen) atoms. The van der Waals surface area contributed by atoms with E-state index in [1.54, 1.807) is 0 Å². The van der Waals surface area contributed by atoms with E-state index in [-0.39, 0.29) is 16.9 Å². The molecule has 1 aliphatic rings. The second-order valence-corrected chi connectivity index (χ2v) is 5.50. The molecule has 0 bridgehead atoms. The van der Waals surface area contributed by atoms with Gasteiger partial charge < -0.3 is 10.5 Å². The summed E-state index contributed by atoms with van der Waals surface area (Å²) in [6.07, 6.45) is 3.75. The molecule has 2 heterocycles. The van der Waals surface area contributed by atoms with Gasteiger partial charge in [0.25, 0.3) is 0 Å². The second-order valence-electron chi connectivity index (χ2n) is 3.78. The first-order valence-electron chi connectivity index (χ1n) is 5.25. The van der Waals surface area contributed by atoms with Crippen molar-refractivity contribution in [2.75, 3.05) is 18.9 Å². The number of nitrogens with one attached hydrogen (secondary N) is 1. The van der Waals surface area contributed by atoms with Gasteiger partial charge >= 0.3 is 0 Å². The molecule has 0 saturated carbocycles. The Kier molecular flexibility index (Phi) is 3.55. The first-order valence-corrected chi connectivity index (χ1v) is 6.74. The number of rotatable bonds is 3. The van der Waals surface area contributed by atoms with Gasteiger partial charge in [0, 0.05) is 19.3 Å². The van der Waals surface area contributed by atoms with Crippen LogP contribution in [0.1, 0.15) is 12.8 Å². The van der Waals surface area contributed by atoms with Crippen LogP contribution in [-0.2, 0) is 14.8 Å². The van der Waals surface area contributed by atoms with Gasteiger partial charge in [0.2, 0.25) is 16.0 Å². The van der Waals surface area contributed by atoms with E-state index in [0.29, 0.717) is 26.1 Å². The molecular weight excluding hydrogens is 244 g/mol. The van der Waals surface area contributed by atoms with Crippen molar-refractivity contribution in [3.63, 3.8) is 0 Å². The summed E-state index contributed by atoms with van der Waals surface area (Å²) in [4.78, 5) is 7.35. The van der Waals surface area contributed by atoms with Gasteiger partial charge in [-0.2, -0.15) is 0 Å².